The molecule has 138 valence electrons. The van der Waals surface area contributed by atoms with Gasteiger partial charge in [0.25, 0.3) is 0 Å². The fraction of sp³-hybridized carbons (Fsp3) is 0.632. The highest BCUT2D eigenvalue weighted by Gasteiger charge is 2.10. The zero-order valence-electron chi connectivity index (χ0n) is 15.3. The topological polar surface area (TPSA) is 56.7 Å². The Hall–Kier alpha value is -0.820. The summed E-state index contributed by atoms with van der Waals surface area (Å²) in [7, 11) is 0. The number of benzene rings is 1. The van der Waals surface area contributed by atoms with Crippen molar-refractivity contribution >= 4 is 29.9 Å². The van der Waals surface area contributed by atoms with E-state index < -0.39 is 0 Å². The first-order valence-corrected chi connectivity index (χ1v) is 8.82. The minimum atomic E-state index is 0. The summed E-state index contributed by atoms with van der Waals surface area (Å²) in [5.41, 5.74) is 1.33. The zero-order chi connectivity index (χ0) is 16.9. The van der Waals surface area contributed by atoms with Crippen LogP contribution < -0.4 is 10.6 Å². The molecule has 0 radical (unpaired) electrons. The molecule has 0 aliphatic rings. The van der Waals surface area contributed by atoms with Crippen LogP contribution >= 0.6 is 24.0 Å². The van der Waals surface area contributed by atoms with Gasteiger partial charge in [-0.25, -0.2) is 0 Å². The van der Waals surface area contributed by atoms with Gasteiger partial charge < -0.3 is 15.7 Å². The number of halogens is 1. The van der Waals surface area contributed by atoms with Crippen LogP contribution in [0.5, 0.6) is 0 Å². The first kappa shape index (κ1) is 23.2. The number of aliphatic hydroxyl groups is 1. The van der Waals surface area contributed by atoms with E-state index in [1.165, 1.54) is 5.56 Å². The monoisotopic (exact) mass is 447 g/mol. The Bertz CT molecular complexity index is 437. The molecule has 5 heteroatoms. The summed E-state index contributed by atoms with van der Waals surface area (Å²) in [6, 6.07) is 10.5. The molecule has 1 aromatic carbocycles. The number of aliphatic imine (C=N–C) groups is 1. The lowest BCUT2D eigenvalue weighted by molar-refractivity contribution is 0.245. The molecule has 0 aromatic heterocycles. The van der Waals surface area contributed by atoms with Crippen LogP contribution in [0.4, 0.5) is 0 Å². The molecule has 1 atom stereocenters. The Morgan fingerprint density at radius 1 is 1.17 bits per heavy atom. The number of hydrogen-bond acceptors (Lipinski definition) is 2. The van der Waals surface area contributed by atoms with Crippen molar-refractivity contribution in [1.29, 1.82) is 0 Å². The Morgan fingerprint density at radius 2 is 1.88 bits per heavy atom. The molecule has 0 fully saturated rings. The number of rotatable bonds is 10. The zero-order valence-corrected chi connectivity index (χ0v) is 17.6. The van der Waals surface area contributed by atoms with Crippen LogP contribution in [0.3, 0.4) is 0 Å². The highest BCUT2D eigenvalue weighted by molar-refractivity contribution is 14.0. The van der Waals surface area contributed by atoms with Gasteiger partial charge in [-0.2, -0.15) is 0 Å². The molecule has 0 amide bonds. The van der Waals surface area contributed by atoms with Crippen LogP contribution in [0.2, 0.25) is 0 Å². The SMILES string of the molecule is CCNC(=NCC(CCO)CC(C)C)NCCc1ccccc1.I. The van der Waals surface area contributed by atoms with Gasteiger partial charge in [-0.15, -0.1) is 24.0 Å². The summed E-state index contributed by atoms with van der Waals surface area (Å²) in [6.07, 6.45) is 2.91. The molecule has 1 rings (SSSR count). The fourth-order valence-electron chi connectivity index (χ4n) is 2.66. The van der Waals surface area contributed by atoms with Crippen LogP contribution in [-0.2, 0) is 6.42 Å². The quantitative estimate of drug-likeness (QED) is 0.293. The normalized spacial score (nSPS) is 12.6. The Kier molecular flexibility index (Phi) is 14.0. The maximum atomic E-state index is 9.21. The van der Waals surface area contributed by atoms with E-state index in [2.05, 4.69) is 55.7 Å². The van der Waals surface area contributed by atoms with Gasteiger partial charge >= 0.3 is 0 Å². The van der Waals surface area contributed by atoms with Gasteiger partial charge in [-0.3, -0.25) is 4.99 Å². The highest BCUT2D eigenvalue weighted by Crippen LogP contribution is 2.15. The molecule has 24 heavy (non-hydrogen) atoms. The molecule has 3 N–H and O–H groups in total. The van der Waals surface area contributed by atoms with Gasteiger partial charge in [0.05, 0.1) is 0 Å². The van der Waals surface area contributed by atoms with Gasteiger partial charge in [0.1, 0.15) is 0 Å². The van der Waals surface area contributed by atoms with Crippen molar-refractivity contribution in [3.63, 3.8) is 0 Å². The van der Waals surface area contributed by atoms with E-state index in [9.17, 15) is 5.11 Å². The smallest absolute Gasteiger partial charge is 0.191 e. The lowest BCUT2D eigenvalue weighted by Gasteiger charge is -2.17. The number of hydrogen-bond donors (Lipinski definition) is 3. The molecule has 1 unspecified atom stereocenters. The van der Waals surface area contributed by atoms with Crippen LogP contribution in [0.15, 0.2) is 35.3 Å². The third kappa shape index (κ3) is 10.9. The summed E-state index contributed by atoms with van der Waals surface area (Å²) in [6.45, 7) is 9.24. The summed E-state index contributed by atoms with van der Waals surface area (Å²) in [5.74, 6) is 1.95. The molecule has 0 bridgehead atoms. The molecule has 0 aliphatic carbocycles. The van der Waals surface area contributed by atoms with Gasteiger partial charge in [-0.05, 0) is 43.6 Å². The van der Waals surface area contributed by atoms with E-state index in [-0.39, 0.29) is 30.6 Å². The Morgan fingerprint density at radius 3 is 2.46 bits per heavy atom. The lowest BCUT2D eigenvalue weighted by Crippen LogP contribution is -2.38. The Balaban J connectivity index is 0.00000529. The molecule has 0 aliphatic heterocycles. The van der Waals surface area contributed by atoms with Crippen molar-refractivity contribution in [2.75, 3.05) is 26.2 Å². The summed E-state index contributed by atoms with van der Waals surface area (Å²) >= 11 is 0. The predicted molar refractivity (Wildman–Crippen MR) is 114 cm³/mol. The van der Waals surface area contributed by atoms with E-state index in [4.69, 9.17) is 4.99 Å². The largest absolute Gasteiger partial charge is 0.396 e. The summed E-state index contributed by atoms with van der Waals surface area (Å²) in [4.78, 5) is 4.70. The highest BCUT2D eigenvalue weighted by atomic mass is 127. The number of aliphatic hydroxyl groups excluding tert-OH is 1. The standard InChI is InChI=1S/C19H33N3O.HI/c1-4-20-19(21-12-10-17-8-6-5-7-9-17)22-15-18(11-13-23)14-16(2)3;/h5-9,16,18,23H,4,10-15H2,1-3H3,(H2,20,21,22);1H. The van der Waals surface area contributed by atoms with Crippen molar-refractivity contribution < 1.29 is 5.11 Å². The number of nitrogens with zero attached hydrogens (tertiary/aromatic N) is 1. The number of guanidine groups is 1. The van der Waals surface area contributed by atoms with Crippen molar-refractivity contribution in [2.24, 2.45) is 16.8 Å². The third-order valence-electron chi connectivity index (χ3n) is 3.74. The van der Waals surface area contributed by atoms with Crippen molar-refractivity contribution in [2.45, 2.75) is 40.0 Å². The van der Waals surface area contributed by atoms with Crippen LogP contribution in [0.25, 0.3) is 0 Å². The molecule has 0 spiro atoms. The average molecular weight is 447 g/mol. The van der Waals surface area contributed by atoms with Crippen LogP contribution in [0, 0.1) is 11.8 Å². The second kappa shape index (κ2) is 14.5. The first-order valence-electron chi connectivity index (χ1n) is 8.82. The molecule has 0 saturated carbocycles. The maximum absolute atomic E-state index is 9.21. The van der Waals surface area contributed by atoms with Crippen molar-refractivity contribution in [1.82, 2.24) is 10.6 Å². The van der Waals surface area contributed by atoms with Gasteiger partial charge in [-0.1, -0.05) is 44.2 Å². The maximum Gasteiger partial charge on any atom is 0.191 e. The summed E-state index contributed by atoms with van der Waals surface area (Å²) < 4.78 is 0. The number of nitrogens with one attached hydrogen (secondary N) is 2. The van der Waals surface area contributed by atoms with E-state index in [1.54, 1.807) is 0 Å². The minimum Gasteiger partial charge on any atom is -0.396 e. The molecular weight excluding hydrogens is 413 g/mol. The molecular formula is C19H34IN3O. The second-order valence-electron chi connectivity index (χ2n) is 6.39. The van der Waals surface area contributed by atoms with Gasteiger partial charge in [0.2, 0.25) is 0 Å². The third-order valence-corrected chi connectivity index (χ3v) is 3.74. The van der Waals surface area contributed by atoms with Gasteiger partial charge in [0.15, 0.2) is 5.96 Å². The van der Waals surface area contributed by atoms with E-state index in [0.717, 1.165) is 44.9 Å². The van der Waals surface area contributed by atoms with Crippen LogP contribution in [-0.4, -0.2) is 37.3 Å². The molecule has 0 saturated heterocycles. The average Bonchev–Trinajstić information content (AvgIpc) is 2.53. The van der Waals surface area contributed by atoms with E-state index in [1.807, 2.05) is 6.07 Å². The minimum absolute atomic E-state index is 0. The van der Waals surface area contributed by atoms with E-state index >= 15 is 0 Å². The molecule has 4 nitrogen and oxygen atoms in total. The second-order valence-corrected chi connectivity index (χ2v) is 6.39. The van der Waals surface area contributed by atoms with Crippen molar-refractivity contribution in [3.05, 3.63) is 35.9 Å². The first-order chi connectivity index (χ1) is 11.2. The lowest BCUT2D eigenvalue weighted by atomic mass is 9.94. The van der Waals surface area contributed by atoms with Crippen molar-refractivity contribution in [3.8, 4) is 0 Å². The molecule has 0 heterocycles. The Labute approximate surface area is 164 Å². The van der Waals surface area contributed by atoms with Gasteiger partial charge in [0, 0.05) is 26.2 Å². The molecule has 1 aromatic rings. The van der Waals surface area contributed by atoms with Crippen LogP contribution in [0.1, 0.15) is 39.2 Å². The summed E-state index contributed by atoms with van der Waals surface area (Å²) in [5, 5.41) is 15.9. The van der Waals surface area contributed by atoms with E-state index in [0.29, 0.717) is 11.8 Å². The fourth-order valence-corrected chi connectivity index (χ4v) is 2.66. The predicted octanol–water partition coefficient (Wildman–Crippen LogP) is 3.45.